The molecule has 162 valence electrons. The fourth-order valence-electron chi connectivity index (χ4n) is 3.17. The van der Waals surface area contributed by atoms with E-state index in [-0.39, 0.29) is 5.91 Å². The van der Waals surface area contributed by atoms with Gasteiger partial charge < -0.3 is 14.5 Å². The lowest BCUT2D eigenvalue weighted by Gasteiger charge is -2.17. The van der Waals surface area contributed by atoms with Gasteiger partial charge in [-0.2, -0.15) is 0 Å². The molecule has 0 aliphatic rings. The summed E-state index contributed by atoms with van der Waals surface area (Å²) in [7, 11) is 1.59. The van der Waals surface area contributed by atoms with E-state index in [0.717, 1.165) is 5.56 Å². The Kier molecular flexibility index (Phi) is 6.72. The van der Waals surface area contributed by atoms with Gasteiger partial charge in [-0.15, -0.1) is 16.8 Å². The number of hydrogen-bond acceptors (Lipinski definition) is 6. The topological polar surface area (TPSA) is 82.2 Å². The van der Waals surface area contributed by atoms with Crippen LogP contribution in [0.1, 0.15) is 10.8 Å². The van der Waals surface area contributed by atoms with Crippen molar-refractivity contribution in [2.45, 2.75) is 17.0 Å². The molecule has 1 amide bonds. The zero-order valence-electron chi connectivity index (χ0n) is 17.5. The van der Waals surface area contributed by atoms with Crippen molar-refractivity contribution in [2.24, 2.45) is 0 Å². The van der Waals surface area contributed by atoms with Crippen LogP contribution in [0.3, 0.4) is 0 Å². The van der Waals surface area contributed by atoms with Gasteiger partial charge in [-0.3, -0.25) is 9.36 Å². The molecule has 0 saturated carbocycles. The van der Waals surface area contributed by atoms with Crippen LogP contribution in [0.15, 0.2) is 95.2 Å². The molecule has 4 aromatic rings. The molecule has 1 atom stereocenters. The van der Waals surface area contributed by atoms with E-state index in [1.807, 2.05) is 59.2 Å². The zero-order valence-corrected chi connectivity index (χ0v) is 18.3. The smallest absolute Gasteiger partial charge is 0.242 e. The van der Waals surface area contributed by atoms with Gasteiger partial charge >= 0.3 is 0 Å². The Morgan fingerprint density at radius 3 is 2.75 bits per heavy atom. The van der Waals surface area contributed by atoms with E-state index in [0.29, 0.717) is 34.7 Å². The average molecular weight is 447 g/mol. The van der Waals surface area contributed by atoms with Gasteiger partial charge in [0.15, 0.2) is 10.9 Å². The van der Waals surface area contributed by atoms with Gasteiger partial charge in [-0.25, -0.2) is 0 Å². The minimum atomic E-state index is -0.556. The molecular weight excluding hydrogens is 424 g/mol. The van der Waals surface area contributed by atoms with Gasteiger partial charge in [0.1, 0.15) is 11.0 Å². The maximum absolute atomic E-state index is 13.4. The monoisotopic (exact) mass is 446 g/mol. The maximum Gasteiger partial charge on any atom is 0.242 e. The average Bonchev–Trinajstić information content (AvgIpc) is 3.48. The van der Waals surface area contributed by atoms with Crippen LogP contribution < -0.4 is 10.1 Å². The van der Waals surface area contributed by atoms with Gasteiger partial charge in [0, 0.05) is 18.3 Å². The van der Waals surface area contributed by atoms with E-state index in [1.165, 1.54) is 11.8 Å². The van der Waals surface area contributed by atoms with Crippen molar-refractivity contribution in [1.82, 2.24) is 14.8 Å². The number of ether oxygens (including phenoxy) is 1. The highest BCUT2D eigenvalue weighted by Gasteiger charge is 2.26. The number of nitrogens with zero attached hydrogens (tertiary/aromatic N) is 3. The summed E-state index contributed by atoms with van der Waals surface area (Å²) in [6, 6.07) is 20.4. The summed E-state index contributed by atoms with van der Waals surface area (Å²) in [5.74, 6) is 1.67. The van der Waals surface area contributed by atoms with Gasteiger partial charge in [0.05, 0.1) is 13.4 Å². The first-order valence-electron chi connectivity index (χ1n) is 9.94. The number of benzene rings is 2. The first-order chi connectivity index (χ1) is 15.7. The van der Waals surface area contributed by atoms with Crippen LogP contribution in [0.5, 0.6) is 5.75 Å². The van der Waals surface area contributed by atoms with Crippen molar-refractivity contribution in [3.63, 3.8) is 0 Å². The lowest BCUT2D eigenvalue weighted by Crippen LogP contribution is -2.19. The second-order valence-corrected chi connectivity index (χ2v) is 7.88. The first-order valence-corrected chi connectivity index (χ1v) is 10.8. The summed E-state index contributed by atoms with van der Waals surface area (Å²) >= 11 is 1.32. The summed E-state index contributed by atoms with van der Waals surface area (Å²) in [5, 5.41) is 11.7. The minimum Gasteiger partial charge on any atom is -0.497 e. The van der Waals surface area contributed by atoms with Crippen molar-refractivity contribution < 1.29 is 13.9 Å². The number of carbonyl (C=O) groups is 1. The molecule has 0 fully saturated rings. The summed E-state index contributed by atoms with van der Waals surface area (Å²) in [6.45, 7) is 4.31. The maximum atomic E-state index is 13.4. The van der Waals surface area contributed by atoms with Gasteiger partial charge in [-0.05, 0) is 29.8 Å². The summed E-state index contributed by atoms with van der Waals surface area (Å²) in [5.41, 5.74) is 1.50. The molecule has 0 radical (unpaired) electrons. The van der Waals surface area contributed by atoms with Crippen LogP contribution in [0.4, 0.5) is 5.69 Å². The summed E-state index contributed by atoms with van der Waals surface area (Å²) < 4.78 is 12.6. The number of allylic oxidation sites excluding steroid dienone is 1. The van der Waals surface area contributed by atoms with E-state index < -0.39 is 5.25 Å². The van der Waals surface area contributed by atoms with Crippen LogP contribution in [-0.4, -0.2) is 27.8 Å². The Morgan fingerprint density at radius 2 is 2.03 bits per heavy atom. The summed E-state index contributed by atoms with van der Waals surface area (Å²) in [6.07, 6.45) is 3.34. The zero-order chi connectivity index (χ0) is 22.3. The highest BCUT2D eigenvalue weighted by molar-refractivity contribution is 8.00. The molecule has 0 aliphatic heterocycles. The number of rotatable bonds is 9. The highest BCUT2D eigenvalue weighted by Crippen LogP contribution is 2.37. The Bertz CT molecular complexity index is 1190. The molecule has 0 bridgehead atoms. The molecule has 1 N–H and O–H groups in total. The van der Waals surface area contributed by atoms with Crippen LogP contribution in [-0.2, 0) is 11.3 Å². The van der Waals surface area contributed by atoms with Crippen molar-refractivity contribution in [2.75, 3.05) is 12.4 Å². The Morgan fingerprint density at radius 1 is 1.19 bits per heavy atom. The first kappa shape index (κ1) is 21.5. The largest absolute Gasteiger partial charge is 0.497 e. The van der Waals surface area contributed by atoms with Crippen molar-refractivity contribution in [1.29, 1.82) is 0 Å². The number of aromatic nitrogens is 3. The molecule has 1 unspecified atom stereocenters. The number of methoxy groups -OCH3 is 1. The Labute approximate surface area is 190 Å². The lowest BCUT2D eigenvalue weighted by atomic mass is 10.1. The van der Waals surface area contributed by atoms with E-state index in [9.17, 15) is 4.79 Å². The van der Waals surface area contributed by atoms with Crippen LogP contribution >= 0.6 is 11.8 Å². The number of hydrogen-bond donors (Lipinski definition) is 1. The second-order valence-electron chi connectivity index (χ2n) is 6.81. The Balaban J connectivity index is 1.66. The van der Waals surface area contributed by atoms with E-state index >= 15 is 0 Å². The number of nitrogens with one attached hydrogen (secondary N) is 1. The van der Waals surface area contributed by atoms with Gasteiger partial charge in [0.2, 0.25) is 11.7 Å². The molecule has 8 heteroatoms. The number of anilines is 1. The van der Waals surface area contributed by atoms with Crippen LogP contribution in [0.2, 0.25) is 0 Å². The predicted octanol–water partition coefficient (Wildman–Crippen LogP) is 5.20. The SMILES string of the molecule is C=CCn1c(SC(C(=O)Nc2cccc(OC)c2)c2ccccc2)nnc1-c1ccco1. The molecule has 32 heavy (non-hydrogen) atoms. The van der Waals surface area contributed by atoms with Crippen LogP contribution in [0, 0.1) is 0 Å². The third-order valence-corrected chi connectivity index (χ3v) is 5.91. The molecule has 0 saturated heterocycles. The van der Waals surface area contributed by atoms with Crippen molar-refractivity contribution in [3.8, 4) is 17.3 Å². The number of amides is 1. The second kappa shape index (κ2) is 10.0. The van der Waals surface area contributed by atoms with E-state index in [4.69, 9.17) is 9.15 Å². The lowest BCUT2D eigenvalue weighted by molar-refractivity contribution is -0.115. The predicted molar refractivity (Wildman–Crippen MR) is 125 cm³/mol. The number of carbonyl (C=O) groups excluding carboxylic acids is 1. The Hall–Kier alpha value is -3.78. The molecule has 2 aromatic carbocycles. The minimum absolute atomic E-state index is 0.179. The van der Waals surface area contributed by atoms with Gasteiger partial charge in [0.25, 0.3) is 0 Å². The molecule has 2 heterocycles. The molecular formula is C24H22N4O3S. The van der Waals surface area contributed by atoms with Crippen molar-refractivity contribution >= 4 is 23.4 Å². The normalized spacial score (nSPS) is 11.7. The van der Waals surface area contributed by atoms with Crippen molar-refractivity contribution in [3.05, 3.63) is 91.2 Å². The molecule has 4 rings (SSSR count). The quantitative estimate of drug-likeness (QED) is 0.281. The third kappa shape index (κ3) is 4.76. The molecule has 0 aliphatic carbocycles. The number of thioether (sulfide) groups is 1. The van der Waals surface area contributed by atoms with E-state index in [2.05, 4.69) is 22.1 Å². The fourth-order valence-corrected chi connectivity index (χ4v) is 4.22. The molecule has 2 aromatic heterocycles. The highest BCUT2D eigenvalue weighted by atomic mass is 32.2. The third-order valence-electron chi connectivity index (χ3n) is 4.67. The molecule has 0 spiro atoms. The number of furan rings is 1. The standard InChI is InChI=1S/C24H22N4O3S/c1-3-14-28-22(20-13-8-15-31-20)26-27-24(28)32-21(17-9-5-4-6-10-17)23(29)25-18-11-7-12-19(16-18)30-2/h3-13,15-16,21H,1,14H2,2H3,(H,25,29). The fraction of sp³-hybridized carbons (Fsp3) is 0.125. The van der Waals surface area contributed by atoms with Gasteiger partial charge in [-0.1, -0.05) is 54.2 Å². The molecule has 7 nitrogen and oxygen atoms in total. The summed E-state index contributed by atoms with van der Waals surface area (Å²) in [4.78, 5) is 13.4. The van der Waals surface area contributed by atoms with Crippen LogP contribution in [0.25, 0.3) is 11.6 Å². The van der Waals surface area contributed by atoms with E-state index in [1.54, 1.807) is 31.6 Å².